The van der Waals surface area contributed by atoms with Crippen LogP contribution in [0.15, 0.2) is 23.4 Å². The van der Waals surface area contributed by atoms with Gasteiger partial charge in [0.15, 0.2) is 5.82 Å². The number of halogens is 1. The van der Waals surface area contributed by atoms with Crippen molar-refractivity contribution in [3.63, 3.8) is 0 Å². The first-order chi connectivity index (χ1) is 8.22. The van der Waals surface area contributed by atoms with Crippen LogP contribution in [0.1, 0.15) is 6.42 Å². The van der Waals surface area contributed by atoms with E-state index in [1.165, 1.54) is 6.07 Å². The normalized spacial score (nSPS) is 12.6. The van der Waals surface area contributed by atoms with Gasteiger partial charge in [0.25, 0.3) is 10.0 Å². The highest BCUT2D eigenvalue weighted by molar-refractivity contribution is 7.89. The smallest absolute Gasteiger partial charge is 0.241 e. The molecule has 0 saturated carbocycles. The van der Waals surface area contributed by atoms with Gasteiger partial charge in [-0.15, -0.1) is 0 Å². The molecule has 0 atom stereocenters. The van der Waals surface area contributed by atoms with Crippen molar-refractivity contribution in [3.05, 3.63) is 24.1 Å². The number of nitrogens with two attached hydrogens (primary N) is 1. The molecule has 0 spiro atoms. The zero-order chi connectivity index (χ0) is 13.8. The molecule has 0 fully saturated rings. The average molecular weight is 297 g/mol. The maximum Gasteiger partial charge on any atom is 0.261 e. The molecule has 0 aliphatic rings. The molecule has 0 aromatic carbocycles. The maximum atomic E-state index is 13.2. The Labute approximate surface area is 104 Å². The van der Waals surface area contributed by atoms with Crippen molar-refractivity contribution in [1.29, 1.82) is 0 Å². The Morgan fingerprint density at radius 1 is 1.33 bits per heavy atom. The van der Waals surface area contributed by atoms with Crippen LogP contribution in [-0.2, 0) is 20.0 Å². The fraction of sp³-hybridized carbons (Fsp3) is 0.375. The Hall–Kier alpha value is -1.10. The van der Waals surface area contributed by atoms with Gasteiger partial charge in [-0.05, 0) is 18.6 Å². The van der Waals surface area contributed by atoms with Crippen LogP contribution in [0, 0.1) is 5.82 Å². The van der Waals surface area contributed by atoms with Crippen LogP contribution < -0.4 is 9.86 Å². The van der Waals surface area contributed by atoms with Crippen LogP contribution >= 0.6 is 0 Å². The molecule has 0 unspecified atom stereocenters. The summed E-state index contributed by atoms with van der Waals surface area (Å²) in [5.74, 6) is -1.34. The Morgan fingerprint density at radius 3 is 2.56 bits per heavy atom. The predicted molar refractivity (Wildman–Crippen MR) is 62.0 cm³/mol. The Morgan fingerprint density at radius 2 is 2.00 bits per heavy atom. The fourth-order valence-electron chi connectivity index (χ4n) is 1.12. The predicted octanol–water partition coefficient (Wildman–Crippen LogP) is -0.822. The Balaban J connectivity index is 2.65. The van der Waals surface area contributed by atoms with Gasteiger partial charge in [-0.1, -0.05) is 0 Å². The van der Waals surface area contributed by atoms with Crippen LogP contribution in [0.2, 0.25) is 0 Å². The highest BCUT2D eigenvalue weighted by Gasteiger charge is 2.19. The minimum atomic E-state index is -4.08. The van der Waals surface area contributed by atoms with Crippen molar-refractivity contribution in [3.8, 4) is 0 Å². The number of primary sulfonamides is 1. The fourth-order valence-corrected chi connectivity index (χ4v) is 2.74. The monoisotopic (exact) mass is 297 g/mol. The summed E-state index contributed by atoms with van der Waals surface area (Å²) in [6, 6.07) is 2.22. The van der Waals surface area contributed by atoms with Gasteiger partial charge in [-0.25, -0.2) is 36.1 Å². The summed E-state index contributed by atoms with van der Waals surface area (Å²) in [4.78, 5) is 3.41. The van der Waals surface area contributed by atoms with Gasteiger partial charge in [0.2, 0.25) is 15.0 Å². The molecule has 0 bridgehead atoms. The molecule has 1 rings (SSSR count). The summed E-state index contributed by atoms with van der Waals surface area (Å²) < 4.78 is 59.6. The maximum absolute atomic E-state index is 13.2. The largest absolute Gasteiger partial charge is 0.261 e. The first-order valence-corrected chi connectivity index (χ1v) is 8.03. The lowest BCUT2D eigenvalue weighted by molar-refractivity contribution is 0.543. The molecule has 1 aromatic rings. The highest BCUT2D eigenvalue weighted by atomic mass is 32.2. The van der Waals surface area contributed by atoms with Crippen LogP contribution in [0.3, 0.4) is 0 Å². The third kappa shape index (κ3) is 4.64. The molecule has 0 aliphatic carbocycles. The van der Waals surface area contributed by atoms with Gasteiger partial charge in [0.1, 0.15) is 0 Å². The Kier molecular flexibility index (Phi) is 4.73. The molecule has 0 amide bonds. The van der Waals surface area contributed by atoms with Crippen molar-refractivity contribution in [2.45, 2.75) is 11.4 Å². The minimum Gasteiger partial charge on any atom is -0.241 e. The molecule has 102 valence electrons. The number of aromatic nitrogens is 1. The molecule has 10 heteroatoms. The molecular weight excluding hydrogens is 285 g/mol. The summed E-state index contributed by atoms with van der Waals surface area (Å²) in [6.45, 7) is -0.172. The number of nitrogens with zero attached hydrogens (tertiary/aromatic N) is 1. The molecule has 0 radical (unpaired) electrons. The third-order valence-electron chi connectivity index (χ3n) is 1.88. The third-order valence-corrected chi connectivity index (χ3v) is 4.13. The number of rotatable bonds is 6. The van der Waals surface area contributed by atoms with Gasteiger partial charge >= 0.3 is 0 Å². The van der Waals surface area contributed by atoms with Crippen LogP contribution in [-0.4, -0.2) is 34.1 Å². The minimum absolute atomic E-state index is 0.00742. The number of hydrogen-bond acceptors (Lipinski definition) is 5. The van der Waals surface area contributed by atoms with E-state index >= 15 is 0 Å². The lowest BCUT2D eigenvalue weighted by Crippen LogP contribution is -2.28. The van der Waals surface area contributed by atoms with E-state index in [0.29, 0.717) is 0 Å². The summed E-state index contributed by atoms with van der Waals surface area (Å²) in [6.07, 6.45) is 1.13. The topological polar surface area (TPSA) is 119 Å². The SMILES string of the molecule is NS(=O)(=O)CCCNS(=O)(=O)c1ncccc1F. The first kappa shape index (κ1) is 15.0. The zero-order valence-corrected chi connectivity index (χ0v) is 10.8. The van der Waals surface area contributed by atoms with Crippen LogP contribution in [0.5, 0.6) is 0 Å². The van der Waals surface area contributed by atoms with E-state index in [0.717, 1.165) is 12.3 Å². The van der Waals surface area contributed by atoms with E-state index in [-0.39, 0.29) is 18.7 Å². The van der Waals surface area contributed by atoms with E-state index in [4.69, 9.17) is 5.14 Å². The van der Waals surface area contributed by atoms with E-state index < -0.39 is 30.9 Å². The number of nitrogens with one attached hydrogen (secondary N) is 1. The molecule has 1 aromatic heterocycles. The molecule has 18 heavy (non-hydrogen) atoms. The summed E-state index contributed by atoms with van der Waals surface area (Å²) >= 11 is 0. The highest BCUT2D eigenvalue weighted by Crippen LogP contribution is 2.09. The van der Waals surface area contributed by atoms with E-state index in [2.05, 4.69) is 4.98 Å². The van der Waals surface area contributed by atoms with E-state index in [1.54, 1.807) is 0 Å². The van der Waals surface area contributed by atoms with E-state index in [9.17, 15) is 21.2 Å². The Bertz CT molecular complexity index is 615. The molecule has 0 aliphatic heterocycles. The van der Waals surface area contributed by atoms with Crippen molar-refractivity contribution in [2.75, 3.05) is 12.3 Å². The average Bonchev–Trinajstić information content (AvgIpc) is 2.24. The van der Waals surface area contributed by atoms with Crippen LogP contribution in [0.4, 0.5) is 4.39 Å². The molecule has 7 nitrogen and oxygen atoms in total. The summed E-state index contributed by atoms with van der Waals surface area (Å²) in [5.41, 5.74) is 0. The van der Waals surface area contributed by atoms with Crippen molar-refractivity contribution >= 4 is 20.0 Å². The van der Waals surface area contributed by atoms with Gasteiger partial charge < -0.3 is 0 Å². The molecule has 3 N–H and O–H groups in total. The van der Waals surface area contributed by atoms with Crippen molar-refractivity contribution in [1.82, 2.24) is 9.71 Å². The standard InChI is InChI=1S/C8H12FN3O4S2/c9-7-3-1-4-11-8(7)18(15,16)12-5-2-6-17(10,13)14/h1,3-4,12H,2,5-6H2,(H2,10,13,14). The van der Waals surface area contributed by atoms with Crippen molar-refractivity contribution < 1.29 is 21.2 Å². The second-order valence-electron chi connectivity index (χ2n) is 3.41. The van der Waals surface area contributed by atoms with Gasteiger partial charge in [-0.2, -0.15) is 0 Å². The van der Waals surface area contributed by atoms with Crippen molar-refractivity contribution in [2.24, 2.45) is 5.14 Å². The molecule has 1 heterocycles. The van der Waals surface area contributed by atoms with Crippen LogP contribution in [0.25, 0.3) is 0 Å². The number of sulfonamides is 2. The second kappa shape index (κ2) is 5.69. The second-order valence-corrected chi connectivity index (χ2v) is 6.82. The lowest BCUT2D eigenvalue weighted by Gasteiger charge is -2.05. The first-order valence-electron chi connectivity index (χ1n) is 4.83. The van der Waals surface area contributed by atoms with E-state index in [1.807, 2.05) is 4.72 Å². The lowest BCUT2D eigenvalue weighted by atomic mass is 10.5. The summed E-state index contributed by atoms with van der Waals surface area (Å²) in [7, 11) is -7.72. The molecule has 0 saturated heterocycles. The van der Waals surface area contributed by atoms with Gasteiger partial charge in [0.05, 0.1) is 5.75 Å². The summed E-state index contributed by atoms with van der Waals surface area (Å²) in [5, 5.41) is 4.02. The molecular formula is C8H12FN3O4S2. The number of pyridine rings is 1. The number of hydrogen-bond donors (Lipinski definition) is 2. The zero-order valence-electron chi connectivity index (χ0n) is 9.21. The quantitative estimate of drug-likeness (QED) is 0.665. The van der Waals surface area contributed by atoms with Gasteiger partial charge in [-0.3, -0.25) is 0 Å². The van der Waals surface area contributed by atoms with Gasteiger partial charge in [0, 0.05) is 12.7 Å².